The number of rotatable bonds is 3. The maximum Gasteiger partial charge on any atom is 0.242 e. The van der Waals surface area contributed by atoms with Crippen molar-refractivity contribution < 1.29 is 4.74 Å². The molecule has 0 aliphatic carbocycles. The molecule has 0 radical (unpaired) electrons. The predicted molar refractivity (Wildman–Crippen MR) is 79.8 cm³/mol. The molecule has 2 heterocycles. The van der Waals surface area contributed by atoms with E-state index in [-0.39, 0.29) is 0 Å². The Kier molecular flexibility index (Phi) is 3.42. The predicted octanol–water partition coefficient (Wildman–Crippen LogP) is 3.20. The van der Waals surface area contributed by atoms with Crippen molar-refractivity contribution >= 4 is 35.0 Å². The number of H-pyrrole nitrogens is 1. The smallest absolute Gasteiger partial charge is 0.242 e. The molecule has 1 aromatic carbocycles. The van der Waals surface area contributed by atoms with Crippen LogP contribution in [-0.2, 0) is 6.54 Å². The molecule has 0 saturated carbocycles. The van der Waals surface area contributed by atoms with E-state index in [1.165, 1.54) is 6.33 Å². The van der Waals surface area contributed by atoms with E-state index in [9.17, 15) is 0 Å². The van der Waals surface area contributed by atoms with Gasteiger partial charge in [-0.1, -0.05) is 23.7 Å². The lowest BCUT2D eigenvalue weighted by Gasteiger charge is -2.05. The van der Waals surface area contributed by atoms with Gasteiger partial charge in [0.1, 0.15) is 11.8 Å². The number of nitrogens with zero attached hydrogens (tertiary/aromatic N) is 3. The molecule has 20 heavy (non-hydrogen) atoms. The number of aromatic nitrogens is 4. The van der Waals surface area contributed by atoms with Crippen LogP contribution in [0.5, 0.6) is 5.88 Å². The van der Waals surface area contributed by atoms with E-state index in [0.29, 0.717) is 33.4 Å². The molecule has 5 nitrogen and oxygen atoms in total. The molecule has 0 aliphatic rings. The molecule has 7 heteroatoms. The highest BCUT2D eigenvalue weighted by Crippen LogP contribution is 2.21. The Labute approximate surface area is 125 Å². The zero-order chi connectivity index (χ0) is 14.1. The van der Waals surface area contributed by atoms with E-state index < -0.39 is 0 Å². The summed E-state index contributed by atoms with van der Waals surface area (Å²) in [7, 11) is 1.56. The molecule has 0 saturated heterocycles. The molecule has 3 rings (SSSR count). The van der Waals surface area contributed by atoms with Crippen LogP contribution >= 0.6 is 23.8 Å². The van der Waals surface area contributed by atoms with Gasteiger partial charge in [0, 0.05) is 5.02 Å². The van der Waals surface area contributed by atoms with Crippen LogP contribution in [0.2, 0.25) is 5.02 Å². The third kappa shape index (κ3) is 2.28. The monoisotopic (exact) mass is 306 g/mol. The van der Waals surface area contributed by atoms with Crippen LogP contribution < -0.4 is 4.74 Å². The fourth-order valence-electron chi connectivity index (χ4n) is 2.06. The zero-order valence-electron chi connectivity index (χ0n) is 10.6. The maximum absolute atomic E-state index is 6.00. The third-order valence-electron chi connectivity index (χ3n) is 2.95. The lowest BCUT2D eigenvalue weighted by Crippen LogP contribution is -2.01. The van der Waals surface area contributed by atoms with Crippen LogP contribution in [0, 0.1) is 4.77 Å². The average Bonchev–Trinajstić information content (AvgIpc) is 2.75. The van der Waals surface area contributed by atoms with Crippen molar-refractivity contribution in [3.8, 4) is 5.88 Å². The van der Waals surface area contributed by atoms with Gasteiger partial charge in [-0.15, -0.1) is 0 Å². The number of aromatic amines is 1. The van der Waals surface area contributed by atoms with Crippen molar-refractivity contribution in [3.05, 3.63) is 45.9 Å². The van der Waals surface area contributed by atoms with Crippen LogP contribution in [0.3, 0.4) is 0 Å². The van der Waals surface area contributed by atoms with Crippen molar-refractivity contribution in [3.63, 3.8) is 0 Å². The van der Waals surface area contributed by atoms with Crippen LogP contribution in [0.15, 0.2) is 30.6 Å². The summed E-state index contributed by atoms with van der Waals surface area (Å²) in [5, 5.41) is 0.695. The SMILES string of the molecule is COc1ncnc2c1[nH]c(=S)n2Cc1cccc(Cl)c1. The summed E-state index contributed by atoms with van der Waals surface area (Å²) in [4.78, 5) is 11.4. The van der Waals surface area contributed by atoms with Crippen molar-refractivity contribution in [1.29, 1.82) is 0 Å². The lowest BCUT2D eigenvalue weighted by atomic mass is 10.2. The van der Waals surface area contributed by atoms with E-state index >= 15 is 0 Å². The Bertz CT molecular complexity index is 827. The van der Waals surface area contributed by atoms with E-state index in [4.69, 9.17) is 28.6 Å². The van der Waals surface area contributed by atoms with Crippen LogP contribution in [-0.4, -0.2) is 26.6 Å². The average molecular weight is 307 g/mol. The van der Waals surface area contributed by atoms with Crippen LogP contribution in [0.25, 0.3) is 11.2 Å². The first-order chi connectivity index (χ1) is 9.69. The Morgan fingerprint density at radius 1 is 1.40 bits per heavy atom. The van der Waals surface area contributed by atoms with Crippen molar-refractivity contribution in [1.82, 2.24) is 19.5 Å². The molecule has 0 atom stereocenters. The van der Waals surface area contributed by atoms with Crippen molar-refractivity contribution in [2.45, 2.75) is 6.54 Å². The molecule has 1 N–H and O–H groups in total. The zero-order valence-corrected chi connectivity index (χ0v) is 12.2. The molecular formula is C13H11ClN4OS. The number of ether oxygens (including phenoxy) is 1. The standard InChI is InChI=1S/C13H11ClN4OS/c1-19-12-10-11(15-7-16-12)18(13(20)17-10)6-8-3-2-4-9(14)5-8/h2-5,7H,6H2,1H3,(H,17,20). The Balaban J connectivity index is 2.12. The molecule has 0 spiro atoms. The molecule has 0 bridgehead atoms. The van der Waals surface area contributed by atoms with E-state index in [0.717, 1.165) is 5.56 Å². The second kappa shape index (κ2) is 5.22. The Morgan fingerprint density at radius 3 is 3.00 bits per heavy atom. The number of imidazole rings is 1. The quantitative estimate of drug-likeness (QED) is 0.755. The van der Waals surface area contributed by atoms with Gasteiger partial charge >= 0.3 is 0 Å². The van der Waals surface area contributed by atoms with Crippen molar-refractivity contribution in [2.24, 2.45) is 0 Å². The normalized spacial score (nSPS) is 10.9. The highest BCUT2D eigenvalue weighted by molar-refractivity contribution is 7.71. The minimum Gasteiger partial charge on any atom is -0.479 e. The van der Waals surface area contributed by atoms with Crippen LogP contribution in [0.1, 0.15) is 5.56 Å². The van der Waals surface area contributed by atoms with Gasteiger partial charge in [-0.3, -0.25) is 4.57 Å². The Hall–Kier alpha value is -1.92. The van der Waals surface area contributed by atoms with Crippen LogP contribution in [0.4, 0.5) is 0 Å². The van der Waals surface area contributed by atoms with Gasteiger partial charge in [-0.05, 0) is 29.9 Å². The topological polar surface area (TPSA) is 55.7 Å². The van der Waals surface area contributed by atoms with Gasteiger partial charge in [-0.2, -0.15) is 4.98 Å². The van der Waals surface area contributed by atoms with E-state index in [1.54, 1.807) is 7.11 Å². The summed E-state index contributed by atoms with van der Waals surface area (Å²) in [5.41, 5.74) is 2.45. The second-order valence-corrected chi connectivity index (χ2v) is 5.05. The lowest BCUT2D eigenvalue weighted by molar-refractivity contribution is 0.401. The first-order valence-corrected chi connectivity index (χ1v) is 6.69. The molecule has 0 unspecified atom stereocenters. The van der Waals surface area contributed by atoms with Gasteiger partial charge in [0.25, 0.3) is 0 Å². The maximum atomic E-state index is 6.00. The number of benzene rings is 1. The first kappa shape index (κ1) is 13.1. The third-order valence-corrected chi connectivity index (χ3v) is 3.51. The van der Waals surface area contributed by atoms with Gasteiger partial charge < -0.3 is 9.72 Å². The van der Waals surface area contributed by atoms with Gasteiger partial charge in [0.05, 0.1) is 13.7 Å². The minimum atomic E-state index is 0.478. The number of hydrogen-bond acceptors (Lipinski definition) is 4. The molecule has 3 aromatic rings. The fourth-order valence-corrected chi connectivity index (χ4v) is 2.53. The van der Waals surface area contributed by atoms with E-state index in [2.05, 4.69) is 15.0 Å². The summed E-state index contributed by atoms with van der Waals surface area (Å²) >= 11 is 11.3. The summed E-state index contributed by atoms with van der Waals surface area (Å²) in [6.45, 7) is 0.583. The molecule has 2 aromatic heterocycles. The number of hydrogen-bond donors (Lipinski definition) is 1. The molecule has 102 valence electrons. The first-order valence-electron chi connectivity index (χ1n) is 5.91. The largest absolute Gasteiger partial charge is 0.479 e. The summed E-state index contributed by atoms with van der Waals surface area (Å²) in [6, 6.07) is 7.64. The number of fused-ring (bicyclic) bond motifs is 1. The Morgan fingerprint density at radius 2 is 2.25 bits per heavy atom. The number of methoxy groups -OCH3 is 1. The summed E-state index contributed by atoms with van der Waals surface area (Å²) < 4.78 is 7.66. The van der Waals surface area contributed by atoms with Crippen molar-refractivity contribution in [2.75, 3.05) is 7.11 Å². The molecular weight excluding hydrogens is 296 g/mol. The highest BCUT2D eigenvalue weighted by atomic mass is 35.5. The molecule has 0 fully saturated rings. The minimum absolute atomic E-state index is 0.478. The highest BCUT2D eigenvalue weighted by Gasteiger charge is 2.11. The van der Waals surface area contributed by atoms with Gasteiger partial charge in [0.2, 0.25) is 5.88 Å². The van der Waals surface area contributed by atoms with Gasteiger partial charge in [-0.25, -0.2) is 4.98 Å². The van der Waals surface area contributed by atoms with Gasteiger partial charge in [0.15, 0.2) is 10.4 Å². The second-order valence-electron chi connectivity index (χ2n) is 4.23. The molecule has 0 aliphatic heterocycles. The summed E-state index contributed by atoms with van der Waals surface area (Å²) in [6.07, 6.45) is 1.46. The summed E-state index contributed by atoms with van der Waals surface area (Å²) in [5.74, 6) is 0.478. The number of halogens is 1. The molecule has 0 amide bonds. The number of nitrogens with one attached hydrogen (secondary N) is 1. The fraction of sp³-hybridized carbons (Fsp3) is 0.154. The van der Waals surface area contributed by atoms with E-state index in [1.807, 2.05) is 28.8 Å².